The Morgan fingerprint density at radius 1 is 1.39 bits per heavy atom. The fourth-order valence-electron chi connectivity index (χ4n) is 1.51. The number of methoxy groups -OCH3 is 1. The van der Waals surface area contributed by atoms with Gasteiger partial charge >= 0.3 is 5.97 Å². The van der Waals surface area contributed by atoms with Crippen molar-refractivity contribution in [3.05, 3.63) is 29.8 Å². The topological polar surface area (TPSA) is 61.5 Å². The highest BCUT2D eigenvalue weighted by Crippen LogP contribution is 2.15. The normalized spacial score (nSPS) is 12.3. The van der Waals surface area contributed by atoms with Gasteiger partial charge < -0.3 is 15.2 Å². The van der Waals surface area contributed by atoms with Crippen molar-refractivity contribution in [3.63, 3.8) is 0 Å². The van der Waals surface area contributed by atoms with Crippen LogP contribution in [0.5, 0.6) is 5.75 Å². The average molecular weight is 251 g/mol. The number of carbonyl (C=O) groups is 1. The van der Waals surface area contributed by atoms with Crippen molar-refractivity contribution in [2.75, 3.05) is 13.7 Å². The Labute approximate surface area is 108 Å². The van der Waals surface area contributed by atoms with Crippen molar-refractivity contribution in [2.24, 2.45) is 11.7 Å². The monoisotopic (exact) mass is 251 g/mol. The predicted octanol–water partition coefficient (Wildman–Crippen LogP) is 1.76. The number of rotatable bonds is 6. The second-order valence-electron chi connectivity index (χ2n) is 4.69. The maximum absolute atomic E-state index is 11.2. The molecule has 1 atom stereocenters. The third kappa shape index (κ3) is 4.75. The van der Waals surface area contributed by atoms with E-state index in [0.29, 0.717) is 18.9 Å². The number of esters is 1. The minimum atomic E-state index is -0.629. The number of ether oxygens (including phenoxy) is 2. The van der Waals surface area contributed by atoms with Crippen molar-refractivity contribution >= 4 is 5.97 Å². The van der Waals surface area contributed by atoms with Crippen LogP contribution in [0.1, 0.15) is 19.4 Å². The zero-order valence-electron chi connectivity index (χ0n) is 11.2. The Balaban J connectivity index is 2.61. The van der Waals surface area contributed by atoms with E-state index < -0.39 is 12.0 Å². The zero-order chi connectivity index (χ0) is 13.5. The maximum Gasteiger partial charge on any atom is 0.322 e. The van der Waals surface area contributed by atoms with Crippen LogP contribution in [-0.4, -0.2) is 25.7 Å². The summed E-state index contributed by atoms with van der Waals surface area (Å²) in [6.45, 7) is 4.86. The quantitative estimate of drug-likeness (QED) is 0.783. The van der Waals surface area contributed by atoms with Gasteiger partial charge in [0, 0.05) is 0 Å². The van der Waals surface area contributed by atoms with E-state index >= 15 is 0 Å². The first-order valence-electron chi connectivity index (χ1n) is 6.08. The van der Waals surface area contributed by atoms with E-state index in [1.165, 1.54) is 7.11 Å². The highest BCUT2D eigenvalue weighted by molar-refractivity contribution is 5.75. The fourth-order valence-corrected chi connectivity index (χ4v) is 1.51. The van der Waals surface area contributed by atoms with Crippen molar-refractivity contribution in [3.8, 4) is 5.75 Å². The van der Waals surface area contributed by atoms with Gasteiger partial charge in [-0.25, -0.2) is 0 Å². The maximum atomic E-state index is 11.2. The van der Waals surface area contributed by atoms with Crippen LogP contribution in [0.25, 0.3) is 0 Å². The highest BCUT2D eigenvalue weighted by Gasteiger charge is 2.14. The summed E-state index contributed by atoms with van der Waals surface area (Å²) in [7, 11) is 1.34. The summed E-state index contributed by atoms with van der Waals surface area (Å²) in [4.78, 5) is 11.2. The SMILES string of the molecule is COC(=O)C(N)Cc1cccc(OCC(C)C)c1. The van der Waals surface area contributed by atoms with E-state index in [-0.39, 0.29) is 0 Å². The Hall–Kier alpha value is -1.55. The van der Waals surface area contributed by atoms with Gasteiger partial charge in [0.2, 0.25) is 0 Å². The van der Waals surface area contributed by atoms with Crippen LogP contribution >= 0.6 is 0 Å². The molecule has 4 heteroatoms. The smallest absolute Gasteiger partial charge is 0.322 e. The first-order valence-corrected chi connectivity index (χ1v) is 6.08. The molecule has 0 aliphatic rings. The van der Waals surface area contributed by atoms with Gasteiger partial charge in [0.25, 0.3) is 0 Å². The molecule has 0 fully saturated rings. The van der Waals surface area contributed by atoms with Crippen LogP contribution in [-0.2, 0) is 16.0 Å². The third-order valence-electron chi connectivity index (χ3n) is 2.44. The van der Waals surface area contributed by atoms with Crippen LogP contribution < -0.4 is 10.5 Å². The van der Waals surface area contributed by atoms with E-state index in [1.54, 1.807) is 0 Å². The average Bonchev–Trinajstić information content (AvgIpc) is 2.35. The Morgan fingerprint density at radius 2 is 2.11 bits per heavy atom. The van der Waals surface area contributed by atoms with Gasteiger partial charge in [0.15, 0.2) is 0 Å². The summed E-state index contributed by atoms with van der Waals surface area (Å²) >= 11 is 0. The molecule has 0 aliphatic carbocycles. The van der Waals surface area contributed by atoms with Crippen LogP contribution in [0.4, 0.5) is 0 Å². The van der Waals surface area contributed by atoms with Gasteiger partial charge in [-0.15, -0.1) is 0 Å². The van der Waals surface area contributed by atoms with E-state index in [1.807, 2.05) is 24.3 Å². The van der Waals surface area contributed by atoms with Crippen molar-refractivity contribution < 1.29 is 14.3 Å². The molecule has 18 heavy (non-hydrogen) atoms. The first kappa shape index (κ1) is 14.5. The van der Waals surface area contributed by atoms with E-state index in [0.717, 1.165) is 11.3 Å². The second-order valence-corrected chi connectivity index (χ2v) is 4.69. The van der Waals surface area contributed by atoms with Crippen LogP contribution in [0.15, 0.2) is 24.3 Å². The third-order valence-corrected chi connectivity index (χ3v) is 2.44. The molecule has 0 radical (unpaired) electrons. The molecular formula is C14H21NO3. The number of hydrogen-bond acceptors (Lipinski definition) is 4. The molecule has 0 amide bonds. The molecule has 0 aliphatic heterocycles. The lowest BCUT2D eigenvalue weighted by Crippen LogP contribution is -2.33. The Kier molecular flexibility index (Phi) is 5.65. The van der Waals surface area contributed by atoms with Gasteiger partial charge in [0.1, 0.15) is 11.8 Å². The largest absolute Gasteiger partial charge is 0.493 e. The van der Waals surface area contributed by atoms with Crippen LogP contribution in [0, 0.1) is 5.92 Å². The number of hydrogen-bond donors (Lipinski definition) is 1. The summed E-state index contributed by atoms with van der Waals surface area (Å²) in [5.41, 5.74) is 6.68. The first-order chi connectivity index (χ1) is 8.52. The molecule has 1 aromatic carbocycles. The zero-order valence-corrected chi connectivity index (χ0v) is 11.2. The molecule has 0 aromatic heterocycles. The summed E-state index contributed by atoms with van der Waals surface area (Å²) in [5.74, 6) is 0.882. The second kappa shape index (κ2) is 7.01. The molecule has 2 N–H and O–H groups in total. The van der Waals surface area contributed by atoms with Crippen molar-refractivity contribution in [1.82, 2.24) is 0 Å². The number of carbonyl (C=O) groups excluding carboxylic acids is 1. The summed E-state index contributed by atoms with van der Waals surface area (Å²) < 4.78 is 10.2. The highest BCUT2D eigenvalue weighted by atomic mass is 16.5. The molecule has 1 unspecified atom stereocenters. The van der Waals surface area contributed by atoms with Crippen LogP contribution in [0.2, 0.25) is 0 Å². The molecule has 0 heterocycles. The standard InChI is InChI=1S/C14H21NO3/c1-10(2)9-18-12-6-4-5-11(7-12)8-13(15)14(16)17-3/h4-7,10,13H,8-9,15H2,1-3H3. The Bertz CT molecular complexity index is 390. The van der Waals surface area contributed by atoms with E-state index in [2.05, 4.69) is 18.6 Å². The van der Waals surface area contributed by atoms with Crippen LogP contribution in [0.3, 0.4) is 0 Å². The molecule has 0 saturated carbocycles. The van der Waals surface area contributed by atoms with Gasteiger partial charge in [-0.2, -0.15) is 0 Å². The molecule has 4 nitrogen and oxygen atoms in total. The van der Waals surface area contributed by atoms with Gasteiger partial charge in [-0.1, -0.05) is 26.0 Å². The molecule has 1 rings (SSSR count). The summed E-state index contributed by atoms with van der Waals surface area (Å²) in [5, 5.41) is 0. The molecule has 0 saturated heterocycles. The predicted molar refractivity (Wildman–Crippen MR) is 70.5 cm³/mol. The lowest BCUT2D eigenvalue weighted by atomic mass is 10.1. The molecule has 1 aromatic rings. The lowest BCUT2D eigenvalue weighted by molar-refractivity contribution is -0.142. The minimum absolute atomic E-state index is 0.400. The molecular weight excluding hydrogens is 230 g/mol. The molecule has 100 valence electrons. The van der Waals surface area contributed by atoms with Crippen molar-refractivity contribution in [1.29, 1.82) is 0 Å². The van der Waals surface area contributed by atoms with Gasteiger partial charge in [-0.3, -0.25) is 4.79 Å². The van der Waals surface area contributed by atoms with Crippen molar-refractivity contribution in [2.45, 2.75) is 26.3 Å². The molecule has 0 spiro atoms. The number of benzene rings is 1. The Morgan fingerprint density at radius 3 is 2.72 bits per heavy atom. The van der Waals surface area contributed by atoms with E-state index in [4.69, 9.17) is 10.5 Å². The summed E-state index contributed by atoms with van der Waals surface area (Å²) in [6, 6.07) is 7.00. The fraction of sp³-hybridized carbons (Fsp3) is 0.500. The van der Waals surface area contributed by atoms with Gasteiger partial charge in [-0.05, 0) is 30.0 Å². The number of nitrogens with two attached hydrogens (primary N) is 1. The minimum Gasteiger partial charge on any atom is -0.493 e. The lowest BCUT2D eigenvalue weighted by Gasteiger charge is -2.12. The molecule has 0 bridgehead atoms. The van der Waals surface area contributed by atoms with Gasteiger partial charge in [0.05, 0.1) is 13.7 Å². The van der Waals surface area contributed by atoms with E-state index in [9.17, 15) is 4.79 Å². The summed E-state index contributed by atoms with van der Waals surface area (Å²) in [6.07, 6.45) is 0.450.